The maximum atomic E-state index is 12.8. The number of carbonyl (C=O) groups excluding carboxylic acids is 2. The predicted octanol–water partition coefficient (Wildman–Crippen LogP) is 1.66. The van der Waals surface area contributed by atoms with Gasteiger partial charge < -0.3 is 15.3 Å². The Bertz CT molecular complexity index is 930. The molecule has 1 aliphatic carbocycles. The molecular weight excluding hydrogens is 380 g/mol. The van der Waals surface area contributed by atoms with Crippen molar-refractivity contribution in [3.63, 3.8) is 0 Å². The molecule has 0 bridgehead atoms. The summed E-state index contributed by atoms with van der Waals surface area (Å²) < 4.78 is 0. The number of rotatable bonds is 4. The molecule has 7 nitrogen and oxygen atoms in total. The van der Waals surface area contributed by atoms with Gasteiger partial charge in [0.2, 0.25) is 5.91 Å². The van der Waals surface area contributed by atoms with Crippen LogP contribution in [0.25, 0.3) is 0 Å². The molecule has 30 heavy (non-hydrogen) atoms. The van der Waals surface area contributed by atoms with Crippen molar-refractivity contribution in [2.75, 3.05) is 13.1 Å². The number of fused-ring (bicyclic) bond motifs is 1. The molecule has 1 saturated carbocycles. The van der Waals surface area contributed by atoms with Crippen LogP contribution < -0.4 is 5.32 Å². The summed E-state index contributed by atoms with van der Waals surface area (Å²) in [6.45, 7) is 5.15. The second-order valence-electron chi connectivity index (χ2n) is 8.62. The number of aliphatic hydroxyl groups excluding tert-OH is 1. The van der Waals surface area contributed by atoms with E-state index in [1.165, 1.54) is 12.4 Å². The Hall–Kier alpha value is -2.80. The van der Waals surface area contributed by atoms with Gasteiger partial charge in [0.15, 0.2) is 0 Å². The van der Waals surface area contributed by atoms with E-state index in [2.05, 4.69) is 15.3 Å². The van der Waals surface area contributed by atoms with Crippen LogP contribution in [-0.2, 0) is 11.2 Å². The molecule has 2 N–H and O–H groups in total. The summed E-state index contributed by atoms with van der Waals surface area (Å²) in [5.74, 6) is 1.02. The fourth-order valence-corrected chi connectivity index (χ4v) is 4.66. The highest BCUT2D eigenvalue weighted by atomic mass is 16.3. The van der Waals surface area contributed by atoms with Crippen molar-refractivity contribution < 1.29 is 14.7 Å². The fourth-order valence-electron chi connectivity index (χ4n) is 4.66. The molecule has 4 atom stereocenters. The van der Waals surface area contributed by atoms with Gasteiger partial charge in [0.05, 0.1) is 24.1 Å². The van der Waals surface area contributed by atoms with E-state index in [-0.39, 0.29) is 29.7 Å². The molecule has 2 fully saturated rings. The lowest BCUT2D eigenvalue weighted by Gasteiger charge is -2.35. The van der Waals surface area contributed by atoms with Gasteiger partial charge in [-0.1, -0.05) is 29.8 Å². The summed E-state index contributed by atoms with van der Waals surface area (Å²) >= 11 is 0. The van der Waals surface area contributed by atoms with Gasteiger partial charge in [0, 0.05) is 25.5 Å². The minimum absolute atomic E-state index is 0.127. The lowest BCUT2D eigenvalue weighted by atomic mass is 9.77. The molecule has 4 rings (SSSR count). The summed E-state index contributed by atoms with van der Waals surface area (Å²) in [6.07, 6.45) is 4.03. The number of aliphatic hydroxyl groups is 1. The zero-order valence-electron chi connectivity index (χ0n) is 17.4. The predicted molar refractivity (Wildman–Crippen MR) is 112 cm³/mol. The summed E-state index contributed by atoms with van der Waals surface area (Å²) in [5, 5.41) is 13.5. The highest BCUT2D eigenvalue weighted by Crippen LogP contribution is 2.37. The number of benzene rings is 1. The molecular formula is C23H28N4O3. The summed E-state index contributed by atoms with van der Waals surface area (Å²) in [4.78, 5) is 35.3. The number of nitrogens with zero attached hydrogens (tertiary/aromatic N) is 3. The number of aryl methyl sites for hydroxylation is 2. The standard InChI is InChI=1S/C23H28N4O3/c1-14-4-3-5-16(6-14)7-22(29)27-12-17-8-20(21(28)9-18(17)13-27)26-23(30)19-10-24-15(2)25-11-19/h3-6,10-11,17-18,20-21,28H,7-9,12-13H2,1-2H3,(H,26,30)/t17-,18+,20-,21-/m0/s1. The van der Waals surface area contributed by atoms with Crippen LogP contribution in [0.2, 0.25) is 0 Å². The van der Waals surface area contributed by atoms with Crippen molar-refractivity contribution in [2.45, 2.75) is 45.3 Å². The largest absolute Gasteiger partial charge is 0.391 e. The van der Waals surface area contributed by atoms with E-state index in [1.807, 2.05) is 36.1 Å². The molecule has 1 saturated heterocycles. The van der Waals surface area contributed by atoms with Gasteiger partial charge >= 0.3 is 0 Å². The van der Waals surface area contributed by atoms with E-state index in [4.69, 9.17) is 0 Å². The molecule has 2 amide bonds. The van der Waals surface area contributed by atoms with Crippen LogP contribution in [-0.4, -0.2) is 57.0 Å². The zero-order chi connectivity index (χ0) is 21.3. The molecule has 2 aromatic rings. The van der Waals surface area contributed by atoms with Crippen molar-refractivity contribution in [3.05, 3.63) is 59.2 Å². The summed E-state index contributed by atoms with van der Waals surface area (Å²) in [5.41, 5.74) is 2.56. The second-order valence-corrected chi connectivity index (χ2v) is 8.62. The number of hydrogen-bond acceptors (Lipinski definition) is 5. The third-order valence-electron chi connectivity index (χ3n) is 6.29. The molecule has 158 valence electrons. The van der Waals surface area contributed by atoms with Gasteiger partial charge in [-0.05, 0) is 44.1 Å². The minimum atomic E-state index is -0.617. The topological polar surface area (TPSA) is 95.4 Å². The Morgan fingerprint density at radius 1 is 1.13 bits per heavy atom. The van der Waals surface area contributed by atoms with Crippen molar-refractivity contribution in [3.8, 4) is 0 Å². The van der Waals surface area contributed by atoms with E-state index in [0.29, 0.717) is 43.7 Å². The van der Waals surface area contributed by atoms with Crippen LogP contribution in [0.15, 0.2) is 36.7 Å². The quantitative estimate of drug-likeness (QED) is 0.802. The van der Waals surface area contributed by atoms with Gasteiger partial charge in [0.1, 0.15) is 5.82 Å². The van der Waals surface area contributed by atoms with Crippen LogP contribution in [0, 0.1) is 25.7 Å². The third-order valence-corrected chi connectivity index (χ3v) is 6.29. The maximum absolute atomic E-state index is 12.8. The molecule has 0 radical (unpaired) electrons. The van der Waals surface area contributed by atoms with Crippen LogP contribution in [0.4, 0.5) is 0 Å². The zero-order valence-corrected chi connectivity index (χ0v) is 17.4. The second kappa shape index (κ2) is 8.52. The summed E-state index contributed by atoms with van der Waals surface area (Å²) in [6, 6.07) is 7.71. The third kappa shape index (κ3) is 4.51. The first-order valence-electron chi connectivity index (χ1n) is 10.5. The highest BCUT2D eigenvalue weighted by molar-refractivity contribution is 5.93. The molecule has 1 aromatic heterocycles. The van der Waals surface area contributed by atoms with Gasteiger partial charge in [-0.15, -0.1) is 0 Å². The Kier molecular flexibility index (Phi) is 5.81. The first-order chi connectivity index (χ1) is 14.4. The Labute approximate surface area is 176 Å². The molecule has 7 heteroatoms. The number of nitrogens with one attached hydrogen (secondary N) is 1. The molecule has 2 heterocycles. The Morgan fingerprint density at radius 3 is 2.53 bits per heavy atom. The molecule has 2 aliphatic rings. The van der Waals surface area contributed by atoms with Gasteiger partial charge in [0.25, 0.3) is 5.91 Å². The monoisotopic (exact) mass is 408 g/mol. The normalized spacial score (nSPS) is 25.6. The maximum Gasteiger partial charge on any atom is 0.254 e. The van der Waals surface area contributed by atoms with Gasteiger partial charge in [-0.3, -0.25) is 9.59 Å². The lowest BCUT2D eigenvalue weighted by molar-refractivity contribution is -0.129. The SMILES string of the molecule is Cc1cccc(CC(=O)N2C[C@H]3C[C@H](O)[C@@H](NC(=O)c4cnc(C)nc4)C[C@H]3C2)c1. The highest BCUT2D eigenvalue weighted by Gasteiger charge is 2.43. The van der Waals surface area contributed by atoms with Crippen LogP contribution >= 0.6 is 0 Å². The number of amides is 2. The van der Waals surface area contributed by atoms with Crippen LogP contribution in [0.1, 0.15) is 40.2 Å². The number of carbonyl (C=O) groups is 2. The molecule has 1 aromatic carbocycles. The Morgan fingerprint density at radius 2 is 1.83 bits per heavy atom. The number of likely N-dealkylation sites (tertiary alicyclic amines) is 1. The van der Waals surface area contributed by atoms with Crippen molar-refractivity contribution in [1.82, 2.24) is 20.2 Å². The van der Waals surface area contributed by atoms with E-state index in [9.17, 15) is 14.7 Å². The molecule has 1 aliphatic heterocycles. The van der Waals surface area contributed by atoms with E-state index in [0.717, 1.165) is 11.1 Å². The molecule has 0 spiro atoms. The number of aromatic nitrogens is 2. The van der Waals surface area contributed by atoms with Crippen LogP contribution in [0.5, 0.6) is 0 Å². The Balaban J connectivity index is 1.35. The first-order valence-corrected chi connectivity index (χ1v) is 10.5. The summed E-state index contributed by atoms with van der Waals surface area (Å²) in [7, 11) is 0. The molecule has 0 unspecified atom stereocenters. The first kappa shape index (κ1) is 20.5. The van der Waals surface area contributed by atoms with Gasteiger partial charge in [-0.25, -0.2) is 9.97 Å². The van der Waals surface area contributed by atoms with E-state index >= 15 is 0 Å². The minimum Gasteiger partial charge on any atom is -0.391 e. The lowest BCUT2D eigenvalue weighted by Crippen LogP contribution is -2.49. The van der Waals surface area contributed by atoms with Crippen molar-refractivity contribution in [2.24, 2.45) is 11.8 Å². The average Bonchev–Trinajstić information content (AvgIpc) is 3.11. The van der Waals surface area contributed by atoms with Crippen LogP contribution in [0.3, 0.4) is 0 Å². The van der Waals surface area contributed by atoms with Gasteiger partial charge in [-0.2, -0.15) is 0 Å². The average molecular weight is 409 g/mol. The number of hydrogen-bond donors (Lipinski definition) is 2. The fraction of sp³-hybridized carbons (Fsp3) is 0.478. The van der Waals surface area contributed by atoms with Crippen molar-refractivity contribution in [1.29, 1.82) is 0 Å². The van der Waals surface area contributed by atoms with E-state index in [1.54, 1.807) is 6.92 Å². The van der Waals surface area contributed by atoms with Crippen molar-refractivity contribution >= 4 is 11.8 Å². The van der Waals surface area contributed by atoms with E-state index < -0.39 is 6.10 Å². The smallest absolute Gasteiger partial charge is 0.254 e.